The summed E-state index contributed by atoms with van der Waals surface area (Å²) in [5.41, 5.74) is 9.63. The van der Waals surface area contributed by atoms with E-state index in [4.69, 9.17) is 15.2 Å². The first-order valence-electron chi connectivity index (χ1n) is 7.34. The molecule has 0 amide bonds. The predicted octanol–water partition coefficient (Wildman–Crippen LogP) is 3.59. The van der Waals surface area contributed by atoms with Gasteiger partial charge in [-0.1, -0.05) is 24.3 Å². The van der Waals surface area contributed by atoms with Gasteiger partial charge in [-0.25, -0.2) is 0 Å². The Balaban J connectivity index is 1.77. The van der Waals surface area contributed by atoms with Crippen LogP contribution >= 0.6 is 0 Å². The molecular formula is C18H21NO2. The van der Waals surface area contributed by atoms with Crippen molar-refractivity contribution < 1.29 is 9.47 Å². The Kier molecular flexibility index (Phi) is 3.84. The van der Waals surface area contributed by atoms with Crippen molar-refractivity contribution in [3.05, 3.63) is 59.2 Å². The van der Waals surface area contributed by atoms with Gasteiger partial charge in [-0.15, -0.1) is 0 Å². The highest BCUT2D eigenvalue weighted by Crippen LogP contribution is 2.29. The van der Waals surface area contributed by atoms with E-state index in [2.05, 4.69) is 6.07 Å². The van der Waals surface area contributed by atoms with Gasteiger partial charge in [0.1, 0.15) is 11.5 Å². The summed E-state index contributed by atoms with van der Waals surface area (Å²) >= 11 is 0. The molecule has 3 heteroatoms. The minimum absolute atomic E-state index is 0.135. The van der Waals surface area contributed by atoms with Crippen molar-refractivity contribution >= 4 is 0 Å². The van der Waals surface area contributed by atoms with E-state index in [0.717, 1.165) is 28.2 Å². The van der Waals surface area contributed by atoms with Gasteiger partial charge in [-0.3, -0.25) is 0 Å². The summed E-state index contributed by atoms with van der Waals surface area (Å²) in [4.78, 5) is 0. The molecule has 0 radical (unpaired) electrons. The average molecular weight is 283 g/mol. The molecule has 0 saturated heterocycles. The van der Waals surface area contributed by atoms with E-state index in [1.54, 1.807) is 7.11 Å². The van der Waals surface area contributed by atoms with Gasteiger partial charge in [0, 0.05) is 0 Å². The van der Waals surface area contributed by atoms with Gasteiger partial charge < -0.3 is 15.2 Å². The Labute approximate surface area is 125 Å². The minimum Gasteiger partial charge on any atom is -0.496 e. The van der Waals surface area contributed by atoms with Crippen molar-refractivity contribution in [3.8, 4) is 11.5 Å². The fourth-order valence-electron chi connectivity index (χ4n) is 2.42. The highest BCUT2D eigenvalue weighted by molar-refractivity contribution is 5.41. The first-order valence-corrected chi connectivity index (χ1v) is 7.34. The van der Waals surface area contributed by atoms with E-state index in [1.165, 1.54) is 12.8 Å². The highest BCUT2D eigenvalue weighted by Gasteiger charge is 2.23. The van der Waals surface area contributed by atoms with Gasteiger partial charge in [0.15, 0.2) is 0 Å². The summed E-state index contributed by atoms with van der Waals surface area (Å²) in [5.74, 6) is 1.82. The maximum atomic E-state index is 6.36. The van der Waals surface area contributed by atoms with E-state index in [0.29, 0.717) is 6.10 Å². The zero-order valence-electron chi connectivity index (χ0n) is 12.5. The molecule has 1 aliphatic carbocycles. The van der Waals surface area contributed by atoms with E-state index in [1.807, 2.05) is 43.3 Å². The van der Waals surface area contributed by atoms with Gasteiger partial charge in [0.25, 0.3) is 0 Å². The molecule has 1 saturated carbocycles. The second-order valence-corrected chi connectivity index (χ2v) is 5.59. The Morgan fingerprint density at radius 3 is 2.29 bits per heavy atom. The van der Waals surface area contributed by atoms with Crippen molar-refractivity contribution in [1.29, 1.82) is 0 Å². The van der Waals surface area contributed by atoms with Crippen LogP contribution in [0.2, 0.25) is 0 Å². The third kappa shape index (κ3) is 3.19. The number of benzene rings is 2. The fourth-order valence-corrected chi connectivity index (χ4v) is 2.42. The number of ether oxygens (including phenoxy) is 2. The van der Waals surface area contributed by atoms with Crippen LogP contribution in [0.5, 0.6) is 11.5 Å². The summed E-state index contributed by atoms with van der Waals surface area (Å²) in [5, 5.41) is 0. The van der Waals surface area contributed by atoms with Crippen LogP contribution in [0.3, 0.4) is 0 Å². The molecule has 2 aromatic carbocycles. The molecule has 0 heterocycles. The lowest BCUT2D eigenvalue weighted by Gasteiger charge is -2.15. The average Bonchev–Trinajstić information content (AvgIpc) is 3.31. The summed E-state index contributed by atoms with van der Waals surface area (Å²) < 4.78 is 11.0. The molecule has 2 N–H and O–H groups in total. The Morgan fingerprint density at radius 2 is 1.71 bits per heavy atom. The smallest absolute Gasteiger partial charge is 0.121 e. The van der Waals surface area contributed by atoms with E-state index in [-0.39, 0.29) is 6.04 Å². The second kappa shape index (κ2) is 5.78. The molecule has 0 aromatic heterocycles. The molecule has 3 rings (SSSR count). The first kappa shape index (κ1) is 14.0. The van der Waals surface area contributed by atoms with E-state index in [9.17, 15) is 0 Å². The quantitative estimate of drug-likeness (QED) is 0.912. The molecule has 2 aromatic rings. The SMILES string of the molecule is COc1ccc(C(N)c2ccc(OC3CC3)cc2)cc1C. The number of hydrogen-bond acceptors (Lipinski definition) is 3. The van der Waals surface area contributed by atoms with Crippen molar-refractivity contribution in [2.75, 3.05) is 7.11 Å². The van der Waals surface area contributed by atoms with Crippen LogP contribution in [0.1, 0.15) is 35.6 Å². The normalized spacial score (nSPS) is 15.6. The molecule has 0 aliphatic heterocycles. The van der Waals surface area contributed by atoms with Crippen molar-refractivity contribution in [2.45, 2.75) is 31.9 Å². The molecule has 0 bridgehead atoms. The Bertz CT molecular complexity index is 618. The summed E-state index contributed by atoms with van der Waals surface area (Å²) in [7, 11) is 1.68. The third-order valence-electron chi connectivity index (χ3n) is 3.84. The molecule has 3 nitrogen and oxygen atoms in total. The number of methoxy groups -OCH3 is 1. The zero-order chi connectivity index (χ0) is 14.8. The zero-order valence-corrected chi connectivity index (χ0v) is 12.5. The van der Waals surface area contributed by atoms with Crippen LogP contribution in [0.15, 0.2) is 42.5 Å². The van der Waals surface area contributed by atoms with Crippen molar-refractivity contribution in [2.24, 2.45) is 5.73 Å². The number of nitrogens with two attached hydrogens (primary N) is 1. The highest BCUT2D eigenvalue weighted by atomic mass is 16.5. The maximum Gasteiger partial charge on any atom is 0.121 e. The van der Waals surface area contributed by atoms with Gasteiger partial charge in [-0.2, -0.15) is 0 Å². The van der Waals surface area contributed by atoms with Crippen molar-refractivity contribution in [3.63, 3.8) is 0 Å². The number of rotatable bonds is 5. The molecule has 1 aliphatic rings. The summed E-state index contributed by atoms with van der Waals surface area (Å²) in [6, 6.07) is 14.0. The maximum absolute atomic E-state index is 6.36. The monoisotopic (exact) mass is 283 g/mol. The van der Waals surface area contributed by atoms with E-state index < -0.39 is 0 Å². The minimum atomic E-state index is -0.135. The van der Waals surface area contributed by atoms with Crippen molar-refractivity contribution in [1.82, 2.24) is 0 Å². The van der Waals surface area contributed by atoms with E-state index >= 15 is 0 Å². The molecule has 1 fully saturated rings. The standard InChI is InChI=1S/C18H21NO2/c1-12-11-14(5-10-17(12)20-2)18(19)13-3-6-15(7-4-13)21-16-8-9-16/h3-7,10-11,16,18H,8-9,19H2,1-2H3. The predicted molar refractivity (Wildman–Crippen MR) is 83.9 cm³/mol. The number of hydrogen-bond donors (Lipinski definition) is 1. The van der Waals surface area contributed by atoms with Crippen LogP contribution in [0.25, 0.3) is 0 Å². The van der Waals surface area contributed by atoms with Gasteiger partial charge in [0.2, 0.25) is 0 Å². The lowest BCUT2D eigenvalue weighted by atomic mass is 9.98. The number of aryl methyl sites for hydroxylation is 1. The van der Waals surface area contributed by atoms with Crippen LogP contribution in [0.4, 0.5) is 0 Å². The Morgan fingerprint density at radius 1 is 1.05 bits per heavy atom. The molecule has 1 atom stereocenters. The van der Waals surface area contributed by atoms with Crippen LogP contribution < -0.4 is 15.2 Å². The second-order valence-electron chi connectivity index (χ2n) is 5.59. The third-order valence-corrected chi connectivity index (χ3v) is 3.84. The molecule has 1 unspecified atom stereocenters. The Hall–Kier alpha value is -2.00. The molecule has 21 heavy (non-hydrogen) atoms. The van der Waals surface area contributed by atoms with Gasteiger partial charge in [-0.05, 0) is 54.7 Å². The molecule has 0 spiro atoms. The van der Waals surface area contributed by atoms with Crippen LogP contribution in [0, 0.1) is 6.92 Å². The summed E-state index contributed by atoms with van der Waals surface area (Å²) in [6.07, 6.45) is 2.77. The topological polar surface area (TPSA) is 44.5 Å². The summed E-state index contributed by atoms with van der Waals surface area (Å²) in [6.45, 7) is 2.03. The van der Waals surface area contributed by atoms with Gasteiger partial charge in [0.05, 0.1) is 19.3 Å². The largest absolute Gasteiger partial charge is 0.496 e. The first-order chi connectivity index (χ1) is 10.2. The molecule has 110 valence electrons. The fraction of sp³-hybridized carbons (Fsp3) is 0.333. The van der Waals surface area contributed by atoms with Gasteiger partial charge >= 0.3 is 0 Å². The lowest BCUT2D eigenvalue weighted by molar-refractivity contribution is 0.303. The molecular weight excluding hydrogens is 262 g/mol. The van der Waals surface area contributed by atoms with Crippen LogP contribution in [-0.4, -0.2) is 13.2 Å². The lowest BCUT2D eigenvalue weighted by Crippen LogP contribution is -2.12. The van der Waals surface area contributed by atoms with Crippen LogP contribution in [-0.2, 0) is 0 Å².